The van der Waals surface area contributed by atoms with Gasteiger partial charge in [-0.2, -0.15) is 18.4 Å². The third kappa shape index (κ3) is 6.52. The van der Waals surface area contributed by atoms with Gasteiger partial charge in [-0.05, 0) is 43.2 Å². The van der Waals surface area contributed by atoms with Gasteiger partial charge in [-0.1, -0.05) is 17.7 Å². The number of nitriles is 1. The van der Waals surface area contributed by atoms with Crippen LogP contribution in [0.5, 0.6) is 17.2 Å². The Labute approximate surface area is 249 Å². The Morgan fingerprint density at radius 3 is 2.70 bits per heavy atom. The molecule has 1 saturated heterocycles. The number of nitrogens with zero attached hydrogens (tertiary/aromatic N) is 4. The Bertz CT molecular complexity index is 1730. The number of methoxy groups -OCH3 is 1. The van der Waals surface area contributed by atoms with E-state index in [2.05, 4.69) is 21.4 Å². The second kappa shape index (κ2) is 12.2. The van der Waals surface area contributed by atoms with E-state index >= 15 is 0 Å². The fourth-order valence-electron chi connectivity index (χ4n) is 4.65. The molecule has 0 spiro atoms. The number of ether oxygens (including phenoxy) is 3. The predicted octanol–water partition coefficient (Wildman–Crippen LogP) is 7.18. The van der Waals surface area contributed by atoms with Crippen LogP contribution >= 0.6 is 11.6 Å². The Hall–Kier alpha value is -4.76. The van der Waals surface area contributed by atoms with E-state index in [4.69, 9.17) is 25.8 Å². The summed E-state index contributed by atoms with van der Waals surface area (Å²) in [5, 5.41) is 13.8. The molecule has 0 aliphatic carbocycles. The van der Waals surface area contributed by atoms with E-state index < -0.39 is 24.7 Å². The fraction of sp³-hybridized carbons (Fsp3) is 0.267. The van der Waals surface area contributed by atoms with Crippen molar-refractivity contribution in [2.24, 2.45) is 5.92 Å². The number of anilines is 2. The van der Waals surface area contributed by atoms with E-state index in [-0.39, 0.29) is 36.6 Å². The van der Waals surface area contributed by atoms with Crippen molar-refractivity contribution in [3.8, 4) is 23.3 Å². The van der Waals surface area contributed by atoms with Crippen molar-refractivity contribution in [1.82, 2.24) is 14.9 Å². The molecule has 2 aromatic heterocycles. The van der Waals surface area contributed by atoms with Crippen LogP contribution in [0.3, 0.4) is 0 Å². The maximum Gasteiger partial charge on any atom is 0.415 e. The number of halogens is 4. The number of carbonyl (C=O) groups excluding carboxylic acids is 1. The topological polar surface area (TPSA) is 110 Å². The highest BCUT2D eigenvalue weighted by Gasteiger charge is 2.45. The molecule has 1 aliphatic heterocycles. The van der Waals surface area contributed by atoms with E-state index in [1.807, 2.05) is 19.1 Å². The maximum absolute atomic E-state index is 13.1. The van der Waals surface area contributed by atoms with Gasteiger partial charge in [0.2, 0.25) is 0 Å². The molecule has 43 heavy (non-hydrogen) atoms. The summed E-state index contributed by atoms with van der Waals surface area (Å²) in [7, 11) is 1.35. The molecule has 0 saturated carbocycles. The van der Waals surface area contributed by atoms with Gasteiger partial charge in [-0.3, -0.25) is 9.97 Å². The van der Waals surface area contributed by atoms with Gasteiger partial charge in [-0.25, -0.2) is 4.79 Å². The number of alkyl halides is 3. The zero-order valence-electron chi connectivity index (χ0n) is 23.0. The molecule has 1 amide bonds. The van der Waals surface area contributed by atoms with E-state index in [9.17, 15) is 23.2 Å². The molecular formula is C30H25ClF3N5O4. The summed E-state index contributed by atoms with van der Waals surface area (Å²) < 4.78 is 55.9. The summed E-state index contributed by atoms with van der Waals surface area (Å²) in [4.78, 5) is 22.3. The standard InChI is InChI=1S/C30H25ClF3N5O4/c1-17-4-3-8-36-25(17)16-42-20-5-6-23(22(31)10-20)38-28-18(13-35)14-37-24-12-27(26(41-2)11-21(24)28)43-29(40)39-9-7-19(15-39)30(32,33)34/h3-6,8,10-12,14,19H,7,9,15-16H2,1-2H3,(H,37,38)/t19-/m0/s1. The van der Waals surface area contributed by atoms with Gasteiger partial charge in [0.05, 0.1) is 46.2 Å². The third-order valence-electron chi connectivity index (χ3n) is 7.07. The Morgan fingerprint density at radius 1 is 1.21 bits per heavy atom. The van der Waals surface area contributed by atoms with E-state index in [1.165, 1.54) is 25.4 Å². The summed E-state index contributed by atoms with van der Waals surface area (Å²) in [5.74, 6) is -0.988. The van der Waals surface area contributed by atoms with Crippen LogP contribution in [0.15, 0.2) is 54.9 Å². The minimum absolute atomic E-state index is 0.0266. The normalized spacial score (nSPS) is 14.8. The first-order chi connectivity index (χ1) is 20.6. The van der Waals surface area contributed by atoms with Crippen LogP contribution in [-0.4, -0.2) is 47.3 Å². The number of rotatable bonds is 7. The number of aryl methyl sites for hydroxylation is 1. The number of hydrogen-bond acceptors (Lipinski definition) is 8. The monoisotopic (exact) mass is 611 g/mol. The largest absolute Gasteiger partial charge is 0.493 e. The second-order valence-electron chi connectivity index (χ2n) is 9.84. The molecule has 3 heterocycles. The lowest BCUT2D eigenvalue weighted by molar-refractivity contribution is -0.170. The minimum Gasteiger partial charge on any atom is -0.493 e. The fourth-order valence-corrected chi connectivity index (χ4v) is 4.87. The molecule has 0 bridgehead atoms. The first-order valence-corrected chi connectivity index (χ1v) is 13.5. The first-order valence-electron chi connectivity index (χ1n) is 13.1. The van der Waals surface area contributed by atoms with Gasteiger partial charge in [0.1, 0.15) is 18.4 Å². The lowest BCUT2D eigenvalue weighted by Crippen LogP contribution is -2.34. The highest BCUT2D eigenvalue weighted by molar-refractivity contribution is 6.33. The van der Waals surface area contributed by atoms with Crippen LogP contribution in [0.2, 0.25) is 5.02 Å². The number of benzene rings is 2. The van der Waals surface area contributed by atoms with Crippen LogP contribution in [0.25, 0.3) is 10.9 Å². The molecule has 0 unspecified atom stereocenters. The number of likely N-dealkylation sites (tertiary alicyclic amines) is 1. The SMILES string of the molecule is COc1cc2c(Nc3ccc(OCc4ncccc4C)cc3Cl)c(C#N)cnc2cc1OC(=O)N1CC[C@H](C(F)(F)F)C1. The average Bonchev–Trinajstić information content (AvgIpc) is 3.49. The van der Waals surface area contributed by atoms with Crippen molar-refractivity contribution in [3.05, 3.63) is 76.7 Å². The van der Waals surface area contributed by atoms with Crippen molar-refractivity contribution >= 4 is 40.0 Å². The lowest BCUT2D eigenvalue weighted by Gasteiger charge is -2.19. The zero-order chi connectivity index (χ0) is 30.7. The van der Waals surface area contributed by atoms with E-state index in [0.717, 1.165) is 16.2 Å². The molecular weight excluding hydrogens is 587 g/mol. The summed E-state index contributed by atoms with van der Waals surface area (Å²) in [5.41, 5.74) is 3.19. The van der Waals surface area contributed by atoms with Crippen molar-refractivity contribution < 1.29 is 32.2 Å². The van der Waals surface area contributed by atoms with Crippen molar-refractivity contribution in [2.45, 2.75) is 26.1 Å². The highest BCUT2D eigenvalue weighted by Crippen LogP contribution is 2.40. The van der Waals surface area contributed by atoms with E-state index in [1.54, 1.807) is 24.4 Å². The number of aromatic nitrogens is 2. The summed E-state index contributed by atoms with van der Waals surface area (Å²) in [6.45, 7) is 1.64. The van der Waals surface area contributed by atoms with Gasteiger partial charge in [0.15, 0.2) is 11.5 Å². The molecule has 1 N–H and O–H groups in total. The molecule has 1 aliphatic rings. The number of pyridine rings is 2. The van der Waals surface area contributed by atoms with Crippen LogP contribution in [0.1, 0.15) is 23.2 Å². The van der Waals surface area contributed by atoms with Crippen LogP contribution in [0.4, 0.5) is 29.3 Å². The van der Waals surface area contributed by atoms with Gasteiger partial charge < -0.3 is 24.4 Å². The summed E-state index contributed by atoms with van der Waals surface area (Å²) >= 11 is 6.57. The van der Waals surface area contributed by atoms with Crippen LogP contribution < -0.4 is 19.5 Å². The Kier molecular flexibility index (Phi) is 8.45. The average molecular weight is 612 g/mol. The predicted molar refractivity (Wildman–Crippen MR) is 153 cm³/mol. The molecule has 1 fully saturated rings. The molecule has 222 valence electrons. The summed E-state index contributed by atoms with van der Waals surface area (Å²) in [6, 6.07) is 13.9. The van der Waals surface area contributed by atoms with Gasteiger partial charge in [-0.15, -0.1) is 0 Å². The smallest absolute Gasteiger partial charge is 0.415 e. The number of fused-ring (bicyclic) bond motifs is 1. The van der Waals surface area contributed by atoms with Crippen molar-refractivity contribution in [3.63, 3.8) is 0 Å². The molecule has 9 nitrogen and oxygen atoms in total. The third-order valence-corrected chi connectivity index (χ3v) is 7.39. The highest BCUT2D eigenvalue weighted by atomic mass is 35.5. The number of carbonyl (C=O) groups is 1. The minimum atomic E-state index is -4.39. The second-order valence-corrected chi connectivity index (χ2v) is 10.2. The molecule has 2 aromatic carbocycles. The number of nitrogens with one attached hydrogen (secondary N) is 1. The number of hydrogen-bond donors (Lipinski definition) is 1. The molecule has 1 atom stereocenters. The first kappa shape index (κ1) is 29.7. The maximum atomic E-state index is 13.1. The van der Waals surface area contributed by atoms with Crippen LogP contribution in [0, 0.1) is 24.2 Å². The van der Waals surface area contributed by atoms with E-state index in [0.29, 0.717) is 33.0 Å². The Balaban J connectivity index is 1.38. The summed E-state index contributed by atoms with van der Waals surface area (Å²) in [6.07, 6.45) is -2.47. The van der Waals surface area contributed by atoms with Gasteiger partial charge >= 0.3 is 12.3 Å². The van der Waals surface area contributed by atoms with Gasteiger partial charge in [0.25, 0.3) is 0 Å². The quantitative estimate of drug-likeness (QED) is 0.234. The zero-order valence-corrected chi connectivity index (χ0v) is 23.8. The van der Waals surface area contributed by atoms with Crippen molar-refractivity contribution in [1.29, 1.82) is 5.26 Å². The Morgan fingerprint density at radius 2 is 2.02 bits per heavy atom. The van der Waals surface area contributed by atoms with Crippen molar-refractivity contribution in [2.75, 3.05) is 25.5 Å². The number of amides is 1. The van der Waals surface area contributed by atoms with Gasteiger partial charge in [0, 0.05) is 43.0 Å². The van der Waals surface area contributed by atoms with Crippen LogP contribution in [-0.2, 0) is 6.61 Å². The molecule has 5 rings (SSSR count). The molecule has 0 radical (unpaired) electrons. The molecule has 13 heteroatoms. The molecule has 4 aromatic rings. The lowest BCUT2D eigenvalue weighted by atomic mass is 10.1.